The predicted molar refractivity (Wildman–Crippen MR) is 90.7 cm³/mol. The van der Waals surface area contributed by atoms with Crippen molar-refractivity contribution in [1.29, 1.82) is 0 Å². The number of benzene rings is 1. The molecule has 6 heteroatoms. The maximum absolute atomic E-state index is 12.3. The van der Waals surface area contributed by atoms with Gasteiger partial charge in [-0.15, -0.1) is 0 Å². The van der Waals surface area contributed by atoms with Crippen LogP contribution in [0.1, 0.15) is 5.56 Å². The Morgan fingerprint density at radius 1 is 1.30 bits per heavy atom. The standard InChI is InChI=1S/C17H22N4O2/c1-20(2)16-11-13(14-5-3-4-6-15(14)19-16)12-18-17(22)21-7-9-23-10-8-21/h3-6,11H,7-10,12H2,1-2H3,(H,18,22). The predicted octanol–water partition coefficient (Wildman–Crippen LogP) is 1.84. The van der Waals surface area contributed by atoms with Crippen molar-refractivity contribution in [2.45, 2.75) is 6.54 Å². The van der Waals surface area contributed by atoms with E-state index >= 15 is 0 Å². The number of nitrogens with one attached hydrogen (secondary N) is 1. The molecule has 0 atom stereocenters. The summed E-state index contributed by atoms with van der Waals surface area (Å²) in [5.41, 5.74) is 2.01. The first-order valence-electron chi connectivity index (χ1n) is 7.81. The van der Waals surface area contributed by atoms with E-state index in [2.05, 4.69) is 10.3 Å². The van der Waals surface area contributed by atoms with Gasteiger partial charge < -0.3 is 19.9 Å². The van der Waals surface area contributed by atoms with E-state index in [1.807, 2.05) is 49.3 Å². The highest BCUT2D eigenvalue weighted by Gasteiger charge is 2.16. The molecule has 1 N–H and O–H groups in total. The highest BCUT2D eigenvalue weighted by atomic mass is 16.5. The van der Waals surface area contributed by atoms with Crippen LogP contribution >= 0.6 is 0 Å². The molecular formula is C17H22N4O2. The average molecular weight is 314 g/mol. The fraction of sp³-hybridized carbons (Fsp3) is 0.412. The lowest BCUT2D eigenvalue weighted by molar-refractivity contribution is 0.0531. The third-order valence-electron chi connectivity index (χ3n) is 3.97. The summed E-state index contributed by atoms with van der Waals surface area (Å²) in [6.45, 7) is 2.99. The molecule has 0 bridgehead atoms. The molecule has 2 heterocycles. The number of anilines is 1. The number of hydrogen-bond donors (Lipinski definition) is 1. The van der Waals surface area contributed by atoms with Crippen LogP contribution in [0.25, 0.3) is 10.9 Å². The minimum absolute atomic E-state index is 0.0411. The van der Waals surface area contributed by atoms with Crippen molar-refractivity contribution in [2.75, 3.05) is 45.3 Å². The van der Waals surface area contributed by atoms with Gasteiger partial charge in [0, 0.05) is 39.1 Å². The number of aromatic nitrogens is 1. The molecule has 1 aromatic carbocycles. The first kappa shape index (κ1) is 15.6. The zero-order valence-electron chi connectivity index (χ0n) is 13.6. The molecule has 1 saturated heterocycles. The van der Waals surface area contributed by atoms with Crippen LogP contribution in [-0.4, -0.2) is 56.3 Å². The summed E-state index contributed by atoms with van der Waals surface area (Å²) < 4.78 is 5.28. The van der Waals surface area contributed by atoms with Crippen molar-refractivity contribution in [2.24, 2.45) is 0 Å². The van der Waals surface area contributed by atoms with E-state index in [0.717, 1.165) is 22.3 Å². The molecule has 0 aliphatic carbocycles. The Labute approximate surface area is 136 Å². The van der Waals surface area contributed by atoms with Crippen LogP contribution in [0.3, 0.4) is 0 Å². The zero-order valence-corrected chi connectivity index (χ0v) is 13.6. The van der Waals surface area contributed by atoms with Gasteiger partial charge in [0.25, 0.3) is 0 Å². The Morgan fingerprint density at radius 2 is 2.04 bits per heavy atom. The number of ether oxygens (including phenoxy) is 1. The van der Waals surface area contributed by atoms with E-state index in [1.165, 1.54) is 0 Å². The summed E-state index contributed by atoms with van der Waals surface area (Å²) in [6.07, 6.45) is 0. The molecule has 0 saturated carbocycles. The SMILES string of the molecule is CN(C)c1cc(CNC(=O)N2CCOCC2)c2ccccc2n1. The average Bonchev–Trinajstić information content (AvgIpc) is 2.59. The van der Waals surface area contributed by atoms with E-state index in [0.29, 0.717) is 32.8 Å². The Hall–Kier alpha value is -2.34. The highest BCUT2D eigenvalue weighted by Crippen LogP contribution is 2.22. The molecule has 1 aliphatic heterocycles. The minimum Gasteiger partial charge on any atom is -0.378 e. The van der Waals surface area contributed by atoms with Crippen LogP contribution in [-0.2, 0) is 11.3 Å². The number of carbonyl (C=O) groups is 1. The van der Waals surface area contributed by atoms with Crippen LogP contribution < -0.4 is 10.2 Å². The molecule has 6 nitrogen and oxygen atoms in total. The van der Waals surface area contributed by atoms with Crippen molar-refractivity contribution in [3.8, 4) is 0 Å². The van der Waals surface area contributed by atoms with E-state index in [4.69, 9.17) is 4.74 Å². The Balaban J connectivity index is 1.79. The van der Waals surface area contributed by atoms with Crippen molar-refractivity contribution in [3.63, 3.8) is 0 Å². The van der Waals surface area contributed by atoms with Gasteiger partial charge in [-0.05, 0) is 17.7 Å². The van der Waals surface area contributed by atoms with Gasteiger partial charge >= 0.3 is 6.03 Å². The quantitative estimate of drug-likeness (QED) is 0.939. The van der Waals surface area contributed by atoms with Gasteiger partial charge in [-0.3, -0.25) is 0 Å². The van der Waals surface area contributed by atoms with Gasteiger partial charge in [0.15, 0.2) is 0 Å². The summed E-state index contributed by atoms with van der Waals surface area (Å²) in [4.78, 5) is 20.7. The maximum Gasteiger partial charge on any atom is 0.317 e. The third kappa shape index (κ3) is 3.53. The van der Waals surface area contributed by atoms with Crippen molar-refractivity contribution >= 4 is 22.8 Å². The number of hydrogen-bond acceptors (Lipinski definition) is 4. The normalized spacial score (nSPS) is 14.8. The fourth-order valence-electron chi connectivity index (χ4n) is 2.66. The maximum atomic E-state index is 12.3. The lowest BCUT2D eigenvalue weighted by atomic mass is 10.1. The van der Waals surface area contributed by atoms with Crippen LogP contribution in [0.5, 0.6) is 0 Å². The Bertz CT molecular complexity index is 696. The second kappa shape index (κ2) is 6.83. The van der Waals surface area contributed by atoms with Gasteiger partial charge in [0.2, 0.25) is 0 Å². The second-order valence-corrected chi connectivity index (χ2v) is 5.81. The molecule has 1 aliphatic rings. The summed E-state index contributed by atoms with van der Waals surface area (Å²) in [5.74, 6) is 0.888. The smallest absolute Gasteiger partial charge is 0.317 e. The number of para-hydroxylation sites is 1. The van der Waals surface area contributed by atoms with E-state index in [9.17, 15) is 4.79 Å². The topological polar surface area (TPSA) is 57.7 Å². The van der Waals surface area contributed by atoms with Crippen molar-refractivity contribution in [3.05, 3.63) is 35.9 Å². The van der Waals surface area contributed by atoms with E-state index in [-0.39, 0.29) is 6.03 Å². The Kier molecular flexibility index (Phi) is 4.62. The van der Waals surface area contributed by atoms with Gasteiger partial charge in [-0.1, -0.05) is 18.2 Å². The molecule has 3 rings (SSSR count). The first-order valence-corrected chi connectivity index (χ1v) is 7.81. The van der Waals surface area contributed by atoms with Crippen molar-refractivity contribution in [1.82, 2.24) is 15.2 Å². The molecule has 1 aromatic heterocycles. The van der Waals surface area contributed by atoms with Gasteiger partial charge in [-0.2, -0.15) is 0 Å². The largest absolute Gasteiger partial charge is 0.378 e. The molecule has 0 spiro atoms. The molecule has 2 amide bonds. The fourth-order valence-corrected chi connectivity index (χ4v) is 2.66. The van der Waals surface area contributed by atoms with E-state index < -0.39 is 0 Å². The molecule has 0 radical (unpaired) electrons. The van der Waals surface area contributed by atoms with Crippen LogP contribution in [0, 0.1) is 0 Å². The molecule has 1 fully saturated rings. The third-order valence-corrected chi connectivity index (χ3v) is 3.97. The summed E-state index contributed by atoms with van der Waals surface area (Å²) in [5, 5.41) is 4.08. The van der Waals surface area contributed by atoms with Crippen LogP contribution in [0.2, 0.25) is 0 Å². The summed E-state index contributed by atoms with van der Waals surface area (Å²) >= 11 is 0. The Morgan fingerprint density at radius 3 is 2.78 bits per heavy atom. The first-order chi connectivity index (χ1) is 11.1. The number of amides is 2. The molecule has 0 unspecified atom stereocenters. The van der Waals surface area contributed by atoms with Crippen LogP contribution in [0.4, 0.5) is 10.6 Å². The number of pyridine rings is 1. The second-order valence-electron chi connectivity index (χ2n) is 5.81. The van der Waals surface area contributed by atoms with Crippen LogP contribution in [0.15, 0.2) is 30.3 Å². The number of fused-ring (bicyclic) bond motifs is 1. The molecular weight excluding hydrogens is 292 g/mol. The van der Waals surface area contributed by atoms with Crippen molar-refractivity contribution < 1.29 is 9.53 Å². The number of urea groups is 1. The molecule has 23 heavy (non-hydrogen) atoms. The minimum atomic E-state index is -0.0411. The van der Waals surface area contributed by atoms with Gasteiger partial charge in [0.05, 0.1) is 18.7 Å². The lowest BCUT2D eigenvalue weighted by Gasteiger charge is -2.27. The highest BCUT2D eigenvalue weighted by molar-refractivity contribution is 5.84. The molecule has 122 valence electrons. The number of rotatable bonds is 3. The monoisotopic (exact) mass is 314 g/mol. The summed E-state index contributed by atoms with van der Waals surface area (Å²) in [6, 6.07) is 9.99. The zero-order chi connectivity index (χ0) is 16.2. The summed E-state index contributed by atoms with van der Waals surface area (Å²) in [7, 11) is 3.93. The van der Waals surface area contributed by atoms with E-state index in [1.54, 1.807) is 4.90 Å². The number of morpholine rings is 1. The number of carbonyl (C=O) groups excluding carboxylic acids is 1. The van der Waals surface area contributed by atoms with Gasteiger partial charge in [-0.25, -0.2) is 9.78 Å². The number of nitrogens with zero attached hydrogens (tertiary/aromatic N) is 3. The lowest BCUT2D eigenvalue weighted by Crippen LogP contribution is -2.45. The molecule has 2 aromatic rings. The van der Waals surface area contributed by atoms with Gasteiger partial charge in [0.1, 0.15) is 5.82 Å².